The molecule has 2 heterocycles. The van der Waals surface area contributed by atoms with Crippen LogP contribution in [0.2, 0.25) is 0 Å². The van der Waals surface area contributed by atoms with E-state index in [9.17, 15) is 0 Å². The number of H-pyrrole nitrogens is 1. The highest BCUT2D eigenvalue weighted by Gasteiger charge is 2.13. The van der Waals surface area contributed by atoms with Gasteiger partial charge in [-0.1, -0.05) is 18.2 Å². The fourth-order valence-corrected chi connectivity index (χ4v) is 3.19. The van der Waals surface area contributed by atoms with E-state index in [1.54, 1.807) is 11.3 Å². The molecule has 3 nitrogen and oxygen atoms in total. The average Bonchev–Trinajstić information content (AvgIpc) is 2.99. The largest absolute Gasteiger partial charge is 0.360 e. The van der Waals surface area contributed by atoms with Crippen molar-refractivity contribution in [2.45, 2.75) is 19.8 Å². The van der Waals surface area contributed by atoms with Crippen LogP contribution in [0.4, 0.5) is 0 Å². The van der Waals surface area contributed by atoms with Gasteiger partial charge in [0.2, 0.25) is 0 Å². The number of fused-ring (bicyclic) bond motifs is 1. The standard InChI is InChI=1S/C15H13N3S/c1-10-15(18-14(19-10)7-4-8-16)12-9-17-13-6-3-2-5-11(12)13/h2-3,5-6,9,17H,4,7H2,1H3. The lowest BCUT2D eigenvalue weighted by Crippen LogP contribution is -1.83. The maximum absolute atomic E-state index is 8.65. The normalized spacial score (nSPS) is 10.7. The Balaban J connectivity index is 2.07. The molecule has 2 aromatic heterocycles. The predicted molar refractivity (Wildman–Crippen MR) is 78.1 cm³/mol. The minimum Gasteiger partial charge on any atom is -0.360 e. The summed E-state index contributed by atoms with van der Waals surface area (Å²) in [6, 6.07) is 10.4. The molecule has 0 unspecified atom stereocenters. The van der Waals surface area contributed by atoms with E-state index in [-0.39, 0.29) is 0 Å². The van der Waals surface area contributed by atoms with Crippen molar-refractivity contribution >= 4 is 22.2 Å². The minimum atomic E-state index is 0.528. The van der Waals surface area contributed by atoms with E-state index in [1.807, 2.05) is 18.3 Å². The molecule has 3 aromatic rings. The molecule has 19 heavy (non-hydrogen) atoms. The SMILES string of the molecule is Cc1sc(CCC#N)nc1-c1c[nH]c2ccccc12. The Bertz CT molecular complexity index is 761. The fraction of sp³-hybridized carbons (Fsp3) is 0.200. The monoisotopic (exact) mass is 267 g/mol. The summed E-state index contributed by atoms with van der Waals surface area (Å²) in [7, 11) is 0. The molecule has 3 rings (SSSR count). The maximum atomic E-state index is 8.65. The van der Waals surface area contributed by atoms with Gasteiger partial charge in [0, 0.05) is 40.4 Å². The van der Waals surface area contributed by atoms with Crippen LogP contribution >= 0.6 is 11.3 Å². The first kappa shape index (κ1) is 11.9. The Morgan fingerprint density at radius 2 is 2.21 bits per heavy atom. The highest BCUT2D eigenvalue weighted by Crippen LogP contribution is 2.33. The van der Waals surface area contributed by atoms with Crippen LogP contribution in [0.1, 0.15) is 16.3 Å². The Morgan fingerprint density at radius 1 is 1.37 bits per heavy atom. The Kier molecular flexibility index (Phi) is 3.06. The molecule has 0 aliphatic rings. The summed E-state index contributed by atoms with van der Waals surface area (Å²) in [5, 5.41) is 10.9. The molecule has 0 aliphatic heterocycles. The van der Waals surface area contributed by atoms with Gasteiger partial charge >= 0.3 is 0 Å². The van der Waals surface area contributed by atoms with Crippen molar-refractivity contribution in [2.75, 3.05) is 0 Å². The Hall–Kier alpha value is -2.12. The molecule has 0 bridgehead atoms. The van der Waals surface area contributed by atoms with E-state index in [4.69, 9.17) is 5.26 Å². The van der Waals surface area contributed by atoms with Crippen LogP contribution in [0.15, 0.2) is 30.5 Å². The molecule has 4 heteroatoms. The molecule has 0 amide bonds. The lowest BCUT2D eigenvalue weighted by molar-refractivity contribution is 0.990. The number of nitrogens with zero attached hydrogens (tertiary/aromatic N) is 2. The van der Waals surface area contributed by atoms with Crippen molar-refractivity contribution in [1.82, 2.24) is 9.97 Å². The Labute approximate surface area is 115 Å². The second-order valence-corrected chi connectivity index (χ2v) is 5.71. The van der Waals surface area contributed by atoms with Gasteiger partial charge in [-0.15, -0.1) is 11.3 Å². The summed E-state index contributed by atoms with van der Waals surface area (Å²) in [6.07, 6.45) is 3.28. The molecule has 0 saturated heterocycles. The topological polar surface area (TPSA) is 52.5 Å². The van der Waals surface area contributed by atoms with Gasteiger partial charge in [0.1, 0.15) is 0 Å². The molecule has 0 saturated carbocycles. The number of para-hydroxylation sites is 1. The zero-order valence-electron chi connectivity index (χ0n) is 10.6. The predicted octanol–water partition coefficient (Wildman–Crippen LogP) is 4.06. The van der Waals surface area contributed by atoms with Crippen molar-refractivity contribution in [3.05, 3.63) is 40.3 Å². The summed E-state index contributed by atoms with van der Waals surface area (Å²) < 4.78 is 0. The van der Waals surface area contributed by atoms with Crippen LogP contribution in [-0.4, -0.2) is 9.97 Å². The number of benzene rings is 1. The van der Waals surface area contributed by atoms with Crippen molar-refractivity contribution in [3.63, 3.8) is 0 Å². The van der Waals surface area contributed by atoms with Gasteiger partial charge in [-0.25, -0.2) is 4.98 Å². The van der Waals surface area contributed by atoms with E-state index in [0.717, 1.165) is 28.2 Å². The highest BCUT2D eigenvalue weighted by molar-refractivity contribution is 7.12. The van der Waals surface area contributed by atoms with Gasteiger partial charge in [-0.05, 0) is 13.0 Å². The molecule has 0 spiro atoms. The third-order valence-corrected chi connectivity index (χ3v) is 4.17. The third kappa shape index (κ3) is 2.13. The molecular weight excluding hydrogens is 254 g/mol. The summed E-state index contributed by atoms with van der Waals surface area (Å²) in [4.78, 5) is 9.17. The van der Waals surface area contributed by atoms with Crippen molar-refractivity contribution in [1.29, 1.82) is 5.26 Å². The van der Waals surface area contributed by atoms with Crippen LogP contribution in [0, 0.1) is 18.3 Å². The summed E-state index contributed by atoms with van der Waals surface area (Å²) in [5.74, 6) is 0. The number of thiazole rings is 1. The number of aryl methyl sites for hydroxylation is 2. The summed E-state index contributed by atoms with van der Waals surface area (Å²) in [5.41, 5.74) is 3.31. The minimum absolute atomic E-state index is 0.528. The fourth-order valence-electron chi connectivity index (χ4n) is 2.24. The lowest BCUT2D eigenvalue weighted by Gasteiger charge is -1.96. The second kappa shape index (κ2) is 4.87. The molecule has 1 N–H and O–H groups in total. The van der Waals surface area contributed by atoms with Crippen molar-refractivity contribution in [3.8, 4) is 17.3 Å². The van der Waals surface area contributed by atoms with Crippen LogP contribution < -0.4 is 0 Å². The van der Waals surface area contributed by atoms with Gasteiger partial charge in [0.25, 0.3) is 0 Å². The van der Waals surface area contributed by atoms with E-state index in [1.165, 1.54) is 10.3 Å². The van der Waals surface area contributed by atoms with E-state index in [2.05, 4.69) is 35.1 Å². The highest BCUT2D eigenvalue weighted by atomic mass is 32.1. The molecule has 0 atom stereocenters. The number of nitriles is 1. The van der Waals surface area contributed by atoms with Crippen LogP contribution in [0.5, 0.6) is 0 Å². The number of nitrogens with one attached hydrogen (secondary N) is 1. The Morgan fingerprint density at radius 3 is 3.05 bits per heavy atom. The van der Waals surface area contributed by atoms with Crippen LogP contribution in [0.3, 0.4) is 0 Å². The maximum Gasteiger partial charge on any atom is 0.0945 e. The first-order chi connectivity index (χ1) is 9.29. The summed E-state index contributed by atoms with van der Waals surface area (Å²) in [6.45, 7) is 2.09. The first-order valence-corrected chi connectivity index (χ1v) is 7.01. The van der Waals surface area contributed by atoms with Gasteiger partial charge in [0.15, 0.2) is 0 Å². The molecule has 0 aliphatic carbocycles. The zero-order chi connectivity index (χ0) is 13.2. The smallest absolute Gasteiger partial charge is 0.0945 e. The van der Waals surface area contributed by atoms with E-state index >= 15 is 0 Å². The van der Waals surface area contributed by atoms with Gasteiger partial charge in [0.05, 0.1) is 16.8 Å². The molecule has 0 fully saturated rings. The summed E-state index contributed by atoms with van der Waals surface area (Å²) >= 11 is 1.68. The van der Waals surface area contributed by atoms with Gasteiger partial charge in [-0.3, -0.25) is 0 Å². The average molecular weight is 267 g/mol. The van der Waals surface area contributed by atoms with Gasteiger partial charge in [-0.2, -0.15) is 5.26 Å². The second-order valence-electron chi connectivity index (χ2n) is 4.42. The molecule has 94 valence electrons. The number of hydrogen-bond donors (Lipinski definition) is 1. The number of aromatic nitrogens is 2. The van der Waals surface area contributed by atoms with Crippen LogP contribution in [-0.2, 0) is 6.42 Å². The van der Waals surface area contributed by atoms with Crippen molar-refractivity contribution in [2.24, 2.45) is 0 Å². The number of aromatic amines is 1. The number of rotatable bonds is 3. The van der Waals surface area contributed by atoms with E-state index in [0.29, 0.717) is 6.42 Å². The first-order valence-electron chi connectivity index (χ1n) is 6.19. The quantitative estimate of drug-likeness (QED) is 0.778. The van der Waals surface area contributed by atoms with Crippen molar-refractivity contribution < 1.29 is 0 Å². The van der Waals surface area contributed by atoms with Crippen LogP contribution in [0.25, 0.3) is 22.2 Å². The zero-order valence-corrected chi connectivity index (χ0v) is 11.4. The lowest BCUT2D eigenvalue weighted by atomic mass is 10.1. The third-order valence-electron chi connectivity index (χ3n) is 3.14. The van der Waals surface area contributed by atoms with E-state index < -0.39 is 0 Å². The molecule has 0 radical (unpaired) electrons. The van der Waals surface area contributed by atoms with Gasteiger partial charge < -0.3 is 4.98 Å². The molecule has 1 aromatic carbocycles. The number of hydrogen-bond acceptors (Lipinski definition) is 3. The molecular formula is C15H13N3S.